The first kappa shape index (κ1) is 33.1. The molecule has 0 atom stereocenters. The van der Waals surface area contributed by atoms with Crippen LogP contribution in [-0.2, 0) is 24.5 Å². The molecular weight excluding hydrogens is 190 g/mol. The fourth-order valence-electron chi connectivity index (χ4n) is 0. The molecule has 0 radical (unpaired) electrons. The van der Waals surface area contributed by atoms with E-state index in [0.29, 0.717) is 0 Å². The van der Waals surface area contributed by atoms with Gasteiger partial charge < -0.3 is 16.4 Å². The van der Waals surface area contributed by atoms with Gasteiger partial charge >= 0.3 is 58.2 Å². The molecule has 7 nitrogen and oxygen atoms in total. The van der Waals surface area contributed by atoms with E-state index in [9.17, 15) is 0 Å². The van der Waals surface area contributed by atoms with E-state index in [1.807, 2.05) is 0 Å². The third kappa shape index (κ3) is 694. The molecule has 0 rings (SSSR count). The molecule has 9 heavy (non-hydrogen) atoms. The Morgan fingerprint density at radius 3 is 0.889 bits per heavy atom. The summed E-state index contributed by atoms with van der Waals surface area (Å²) >= 11 is -5.62. The van der Waals surface area contributed by atoms with Gasteiger partial charge in [0.15, 0.2) is 0 Å². The SMILES string of the molecule is O.O.O.[Na+].[O]=[Mn](=[O])(=[O])[O-]. The van der Waals surface area contributed by atoms with Crippen LogP contribution in [0.3, 0.4) is 0 Å². The van der Waals surface area contributed by atoms with Gasteiger partial charge in [-0.15, -0.1) is 0 Å². The molecule has 6 N–H and O–H groups in total. The summed E-state index contributed by atoms with van der Waals surface area (Å²) in [7, 11) is 0. The summed E-state index contributed by atoms with van der Waals surface area (Å²) in [6.45, 7) is 0. The van der Waals surface area contributed by atoms with Crippen molar-refractivity contribution in [3.63, 3.8) is 0 Å². The molecule has 0 bridgehead atoms. The Morgan fingerprint density at radius 1 is 0.889 bits per heavy atom. The Kier molecular flexibility index (Phi) is 42.4. The van der Waals surface area contributed by atoms with Gasteiger partial charge in [-0.25, -0.2) is 0 Å². The number of hydrogen-bond acceptors (Lipinski definition) is 4. The predicted octanol–water partition coefficient (Wildman–Crippen LogP) is -7.02. The van der Waals surface area contributed by atoms with Gasteiger partial charge in [0.1, 0.15) is 0 Å². The van der Waals surface area contributed by atoms with E-state index in [1.54, 1.807) is 0 Å². The van der Waals surface area contributed by atoms with Crippen molar-refractivity contribution in [1.82, 2.24) is 0 Å². The van der Waals surface area contributed by atoms with E-state index in [1.165, 1.54) is 0 Å². The summed E-state index contributed by atoms with van der Waals surface area (Å²) in [6.07, 6.45) is 0. The third-order valence-corrected chi connectivity index (χ3v) is 0. The fraction of sp³-hybridized carbons (Fsp3) is 0. The molecule has 56 valence electrons. The Labute approximate surface area is 74.4 Å². The first-order chi connectivity index (χ1) is 2.00. The summed E-state index contributed by atoms with van der Waals surface area (Å²) in [5.74, 6) is 0. The molecule has 0 amide bonds. The van der Waals surface area contributed by atoms with Gasteiger partial charge in [0.25, 0.3) is 0 Å². The average molecular weight is 196 g/mol. The van der Waals surface area contributed by atoms with Crippen molar-refractivity contribution >= 4 is 0 Å². The number of rotatable bonds is 0. The second kappa shape index (κ2) is 11.5. The maximum atomic E-state index is 8.58. The summed E-state index contributed by atoms with van der Waals surface area (Å²) in [5.41, 5.74) is 0. The Morgan fingerprint density at radius 2 is 0.889 bits per heavy atom. The van der Waals surface area contributed by atoms with Crippen molar-refractivity contribution in [2.45, 2.75) is 0 Å². The zero-order valence-corrected chi connectivity index (χ0v) is 7.69. The van der Waals surface area contributed by atoms with Crippen LogP contribution in [0.2, 0.25) is 0 Å². The van der Waals surface area contributed by atoms with Crippen LogP contribution in [0, 0.1) is 0 Å². The summed E-state index contributed by atoms with van der Waals surface area (Å²) in [6, 6.07) is 0. The molecule has 9 heteroatoms. The van der Waals surface area contributed by atoms with Crippen molar-refractivity contribution in [1.29, 1.82) is 0 Å². The van der Waals surface area contributed by atoms with Gasteiger partial charge in [-0.1, -0.05) is 0 Å². The van der Waals surface area contributed by atoms with E-state index in [-0.39, 0.29) is 46.0 Å². The summed E-state index contributed by atoms with van der Waals surface area (Å²) in [5, 5.41) is 0. The van der Waals surface area contributed by atoms with Crippen molar-refractivity contribution in [2.75, 3.05) is 0 Å². The van der Waals surface area contributed by atoms with Gasteiger partial charge in [-0.3, -0.25) is 0 Å². The van der Waals surface area contributed by atoms with E-state index in [0.717, 1.165) is 0 Å². The van der Waals surface area contributed by atoms with Crippen LogP contribution < -0.4 is 33.7 Å². The molecular formula is H6MnNaO7. The zero-order chi connectivity index (χ0) is 4.50. The third-order valence-electron chi connectivity index (χ3n) is 0. The molecule has 0 saturated heterocycles. The molecule has 0 spiro atoms. The van der Waals surface area contributed by atoms with E-state index in [2.05, 4.69) is 0 Å². The molecule has 0 aliphatic carbocycles. The van der Waals surface area contributed by atoms with Gasteiger partial charge in [-0.05, 0) is 0 Å². The Bertz CT molecular complexity index is 130. The van der Waals surface area contributed by atoms with Crippen molar-refractivity contribution < 1.29 is 74.6 Å². The zero-order valence-electron chi connectivity index (χ0n) is 4.51. The minimum absolute atomic E-state index is 0. The van der Waals surface area contributed by atoms with Crippen LogP contribution in [0.25, 0.3) is 0 Å². The molecule has 0 fully saturated rings. The van der Waals surface area contributed by atoms with E-state index in [4.69, 9.17) is 15.7 Å². The molecule has 0 aromatic carbocycles. The molecule has 0 saturated carbocycles. The van der Waals surface area contributed by atoms with Crippen LogP contribution in [0.15, 0.2) is 0 Å². The van der Waals surface area contributed by atoms with Crippen molar-refractivity contribution in [2.24, 2.45) is 0 Å². The molecule has 0 aromatic rings. The van der Waals surface area contributed by atoms with E-state index < -0.39 is 13.0 Å². The standard InChI is InChI=1S/Mn.Na.3H2O.4O/h;;3*1H2;;;;/q;+1;;;;;;;-1. The van der Waals surface area contributed by atoms with Gasteiger partial charge in [0.2, 0.25) is 0 Å². The van der Waals surface area contributed by atoms with E-state index >= 15 is 0 Å². The molecule has 0 aliphatic heterocycles. The minimum atomic E-state index is -5.62. The first-order valence-corrected chi connectivity index (χ1v) is 2.54. The molecule has 0 heterocycles. The van der Waals surface area contributed by atoms with Gasteiger partial charge in [0, 0.05) is 0 Å². The summed E-state index contributed by atoms with van der Waals surface area (Å²) < 4.78 is 34.3. The number of hydrogen-bond donors (Lipinski definition) is 0. The van der Waals surface area contributed by atoms with Crippen LogP contribution in [-0.4, -0.2) is 16.4 Å². The Balaban J connectivity index is -0.0000000133. The second-order valence-corrected chi connectivity index (χ2v) is 1.56. The van der Waals surface area contributed by atoms with Crippen LogP contribution in [0.1, 0.15) is 0 Å². The summed E-state index contributed by atoms with van der Waals surface area (Å²) in [4.78, 5) is 0. The molecule has 0 aromatic heterocycles. The quantitative estimate of drug-likeness (QED) is 0.350. The predicted molar refractivity (Wildman–Crippen MR) is 12.9 cm³/mol. The first-order valence-electron chi connectivity index (χ1n) is 0.617. The normalized spacial score (nSPS) is 6.33. The maximum absolute atomic E-state index is 8.58. The Hall–Kier alpha value is 0.759. The van der Waals surface area contributed by atoms with Gasteiger partial charge in [-0.2, -0.15) is 0 Å². The molecule has 0 unspecified atom stereocenters. The van der Waals surface area contributed by atoms with Crippen molar-refractivity contribution in [3.8, 4) is 0 Å². The molecule has 0 aliphatic rings. The second-order valence-electron chi connectivity index (χ2n) is 0.378. The van der Waals surface area contributed by atoms with Gasteiger partial charge in [0.05, 0.1) is 0 Å². The fourth-order valence-corrected chi connectivity index (χ4v) is 0. The topological polar surface area (TPSA) is 169 Å². The van der Waals surface area contributed by atoms with Crippen LogP contribution in [0.4, 0.5) is 0 Å². The van der Waals surface area contributed by atoms with Crippen LogP contribution in [0.5, 0.6) is 0 Å². The monoisotopic (exact) mass is 196 g/mol. The average Bonchev–Trinajstić information content (AvgIpc) is 0.722. The van der Waals surface area contributed by atoms with Crippen molar-refractivity contribution in [3.05, 3.63) is 0 Å². The van der Waals surface area contributed by atoms with Crippen LogP contribution >= 0.6 is 0 Å².